The van der Waals surface area contributed by atoms with Crippen molar-refractivity contribution in [1.82, 2.24) is 0 Å². The summed E-state index contributed by atoms with van der Waals surface area (Å²) in [6, 6.07) is 0. The van der Waals surface area contributed by atoms with Gasteiger partial charge in [0.2, 0.25) is 0 Å². The third kappa shape index (κ3) is 35.5. The molecule has 0 aliphatic heterocycles. The van der Waals surface area contributed by atoms with Crippen LogP contribution in [0.5, 0.6) is 0 Å². The summed E-state index contributed by atoms with van der Waals surface area (Å²) < 4.78 is 0. The first kappa shape index (κ1) is 22.5. The first-order chi connectivity index (χ1) is 3.77. The van der Waals surface area contributed by atoms with Crippen molar-refractivity contribution in [1.29, 1.82) is 0 Å². The molecule has 10 heavy (non-hydrogen) atoms. The SMILES string of the molecule is CC.[CH2-]C(C)CCC.[CH3-].[Y]. The van der Waals surface area contributed by atoms with Crippen molar-refractivity contribution in [2.45, 2.75) is 40.5 Å². The summed E-state index contributed by atoms with van der Waals surface area (Å²) in [6.07, 6.45) is 2.53. The van der Waals surface area contributed by atoms with Gasteiger partial charge in [-0.25, -0.2) is 0 Å². The summed E-state index contributed by atoms with van der Waals surface area (Å²) in [7, 11) is 0. The second kappa shape index (κ2) is 22.5. The van der Waals surface area contributed by atoms with E-state index in [4.69, 9.17) is 0 Å². The van der Waals surface area contributed by atoms with Crippen LogP contribution in [-0.2, 0) is 32.7 Å². The first-order valence-corrected chi connectivity index (χ1v) is 3.60. The van der Waals surface area contributed by atoms with Crippen molar-refractivity contribution in [2.75, 3.05) is 0 Å². The van der Waals surface area contributed by atoms with Gasteiger partial charge in [-0.1, -0.05) is 40.5 Å². The van der Waals surface area contributed by atoms with Crippen LogP contribution in [0.2, 0.25) is 0 Å². The monoisotopic (exact) mass is 219 g/mol. The predicted octanol–water partition coefficient (Wildman–Crippen LogP) is 3.73. The Labute approximate surface area is 93.1 Å². The molecule has 0 saturated carbocycles. The molecule has 0 aliphatic carbocycles. The molecule has 1 atom stereocenters. The van der Waals surface area contributed by atoms with Gasteiger partial charge < -0.3 is 14.4 Å². The molecular weight excluding hydrogens is 197 g/mol. The second-order valence-corrected chi connectivity index (χ2v) is 1.89. The van der Waals surface area contributed by atoms with Crippen LogP contribution in [0, 0.1) is 20.3 Å². The van der Waals surface area contributed by atoms with Gasteiger partial charge in [-0.05, 0) is 0 Å². The van der Waals surface area contributed by atoms with Crippen LogP contribution in [0.25, 0.3) is 0 Å². The molecule has 0 aromatic carbocycles. The van der Waals surface area contributed by atoms with Gasteiger partial charge >= 0.3 is 0 Å². The van der Waals surface area contributed by atoms with E-state index in [2.05, 4.69) is 20.8 Å². The van der Waals surface area contributed by atoms with Crippen LogP contribution in [0.1, 0.15) is 40.5 Å². The standard InChI is InChI=1S/C6H13.C2H6.CH3.Y/c1-4-5-6(2)3;1-2;;/h6H,2,4-5H2,1,3H3;1-2H3;1H3;/q-1;;-1;. The Balaban J connectivity index is -0.0000000412. The summed E-state index contributed by atoms with van der Waals surface area (Å²) in [5.41, 5.74) is 0. The van der Waals surface area contributed by atoms with Gasteiger partial charge in [0.15, 0.2) is 0 Å². The molecule has 1 heteroatoms. The van der Waals surface area contributed by atoms with Gasteiger partial charge in [-0.3, -0.25) is 0 Å². The average molecular weight is 219 g/mol. The van der Waals surface area contributed by atoms with E-state index in [1.807, 2.05) is 13.8 Å². The van der Waals surface area contributed by atoms with E-state index < -0.39 is 0 Å². The van der Waals surface area contributed by atoms with Crippen LogP contribution < -0.4 is 0 Å². The van der Waals surface area contributed by atoms with Crippen LogP contribution >= 0.6 is 0 Å². The zero-order chi connectivity index (χ0) is 6.99. The van der Waals surface area contributed by atoms with Gasteiger partial charge in [-0.2, -0.15) is 5.92 Å². The van der Waals surface area contributed by atoms with Gasteiger partial charge in [0.25, 0.3) is 0 Å². The molecule has 63 valence electrons. The predicted molar refractivity (Wildman–Crippen MR) is 47.2 cm³/mol. The first-order valence-electron chi connectivity index (χ1n) is 3.60. The summed E-state index contributed by atoms with van der Waals surface area (Å²) in [5, 5.41) is 0. The molecule has 1 radical (unpaired) electrons. The average Bonchev–Trinajstić information content (AvgIpc) is 1.72. The van der Waals surface area contributed by atoms with Crippen LogP contribution in [0.3, 0.4) is 0 Å². The summed E-state index contributed by atoms with van der Waals surface area (Å²) in [6.45, 7) is 12.2. The van der Waals surface area contributed by atoms with Gasteiger partial charge in [0, 0.05) is 32.7 Å². The fraction of sp³-hybridized carbons (Fsp3) is 0.778. The molecule has 0 amide bonds. The van der Waals surface area contributed by atoms with Crippen LogP contribution in [0.4, 0.5) is 0 Å². The zero-order valence-electron chi connectivity index (χ0n) is 8.28. The van der Waals surface area contributed by atoms with Gasteiger partial charge in [0.1, 0.15) is 0 Å². The fourth-order valence-electron chi connectivity index (χ4n) is 0.493. The Morgan fingerprint density at radius 3 is 1.60 bits per heavy atom. The smallest absolute Gasteiger partial charge is 0 e. The van der Waals surface area contributed by atoms with E-state index in [0.717, 1.165) is 0 Å². The molecule has 0 aromatic heterocycles. The van der Waals surface area contributed by atoms with E-state index in [0.29, 0.717) is 5.92 Å². The number of hydrogen-bond donors (Lipinski definition) is 0. The normalized spacial score (nSPS) is 9.30. The van der Waals surface area contributed by atoms with Gasteiger partial charge in [0.05, 0.1) is 0 Å². The van der Waals surface area contributed by atoms with E-state index in [9.17, 15) is 0 Å². The third-order valence-electron chi connectivity index (χ3n) is 0.781. The molecule has 0 rings (SSSR count). The molecule has 0 nitrogen and oxygen atoms in total. The fourth-order valence-corrected chi connectivity index (χ4v) is 0.493. The largest absolute Gasteiger partial charge is 0.358 e. The zero-order valence-corrected chi connectivity index (χ0v) is 11.1. The molecular formula is C9H22Y-2. The maximum Gasteiger partial charge on any atom is 0 e. The molecule has 0 fully saturated rings. The number of rotatable bonds is 2. The van der Waals surface area contributed by atoms with Crippen molar-refractivity contribution in [3.05, 3.63) is 14.4 Å². The second-order valence-electron chi connectivity index (χ2n) is 1.89. The molecule has 0 heterocycles. The van der Waals surface area contributed by atoms with E-state index in [1.54, 1.807) is 0 Å². The Morgan fingerprint density at radius 2 is 1.60 bits per heavy atom. The van der Waals surface area contributed by atoms with Crippen molar-refractivity contribution in [3.63, 3.8) is 0 Å². The summed E-state index contributed by atoms with van der Waals surface area (Å²) in [4.78, 5) is 0. The molecule has 0 N–H and O–H groups in total. The number of hydrogen-bond acceptors (Lipinski definition) is 0. The van der Waals surface area contributed by atoms with Crippen molar-refractivity contribution < 1.29 is 32.7 Å². The Bertz CT molecular complexity index is 25.9. The minimum absolute atomic E-state index is 0. The molecule has 0 saturated heterocycles. The minimum Gasteiger partial charge on any atom is -0.358 e. The van der Waals surface area contributed by atoms with Crippen LogP contribution in [-0.4, -0.2) is 0 Å². The van der Waals surface area contributed by atoms with Gasteiger partial charge in [-0.15, -0.1) is 0 Å². The molecule has 0 bridgehead atoms. The maximum atomic E-state index is 3.83. The third-order valence-corrected chi connectivity index (χ3v) is 0.781. The van der Waals surface area contributed by atoms with Crippen molar-refractivity contribution >= 4 is 0 Å². The van der Waals surface area contributed by atoms with E-state index in [-0.39, 0.29) is 40.1 Å². The summed E-state index contributed by atoms with van der Waals surface area (Å²) in [5.74, 6) is 0.648. The topological polar surface area (TPSA) is 0 Å². The Kier molecular flexibility index (Phi) is 50.5. The quantitative estimate of drug-likeness (QED) is 0.621. The van der Waals surface area contributed by atoms with E-state index in [1.165, 1.54) is 12.8 Å². The Morgan fingerprint density at radius 1 is 1.30 bits per heavy atom. The van der Waals surface area contributed by atoms with Crippen molar-refractivity contribution in [2.24, 2.45) is 5.92 Å². The molecule has 0 aliphatic rings. The minimum atomic E-state index is 0. The van der Waals surface area contributed by atoms with E-state index >= 15 is 0 Å². The maximum absolute atomic E-state index is 3.83. The van der Waals surface area contributed by atoms with Crippen molar-refractivity contribution in [3.8, 4) is 0 Å². The molecule has 0 spiro atoms. The molecule has 1 unspecified atom stereocenters. The Hall–Kier alpha value is 1.10. The summed E-state index contributed by atoms with van der Waals surface area (Å²) >= 11 is 0. The van der Waals surface area contributed by atoms with Crippen LogP contribution in [0.15, 0.2) is 0 Å². The molecule has 0 aromatic rings.